The van der Waals surface area contributed by atoms with Crippen molar-refractivity contribution in [2.45, 2.75) is 31.2 Å². The topological polar surface area (TPSA) is 79.3 Å². The van der Waals surface area contributed by atoms with E-state index in [9.17, 15) is 13.5 Å². The Labute approximate surface area is 124 Å². The summed E-state index contributed by atoms with van der Waals surface area (Å²) in [6, 6.07) is 9.46. The summed E-state index contributed by atoms with van der Waals surface area (Å²) < 4.78 is 27.2. The second-order valence-corrected chi connectivity index (χ2v) is 7.44. The Balaban J connectivity index is 2.46. The Morgan fingerprint density at radius 1 is 1.14 bits per heavy atom. The zero-order chi connectivity index (χ0) is 15.7. The molecule has 2 rings (SSSR count). The van der Waals surface area contributed by atoms with Gasteiger partial charge in [-0.1, -0.05) is 12.1 Å². The number of nitrogens with one attached hydrogen (secondary N) is 1. The van der Waals surface area contributed by atoms with E-state index >= 15 is 0 Å². The first-order valence-electron chi connectivity index (χ1n) is 6.47. The van der Waals surface area contributed by atoms with Gasteiger partial charge in [-0.25, -0.2) is 13.1 Å². The lowest BCUT2D eigenvalue weighted by atomic mass is 10.1. The molecule has 0 amide bonds. The summed E-state index contributed by atoms with van der Waals surface area (Å²) in [4.78, 5) is 4.22. The molecule has 112 valence electrons. The monoisotopic (exact) mass is 306 g/mol. The van der Waals surface area contributed by atoms with Crippen molar-refractivity contribution in [1.29, 1.82) is 0 Å². The van der Waals surface area contributed by atoms with Gasteiger partial charge in [-0.05, 0) is 45.0 Å². The van der Waals surface area contributed by atoms with E-state index in [0.717, 1.165) is 0 Å². The second kappa shape index (κ2) is 5.46. The minimum atomic E-state index is -3.62. The molecule has 2 aromatic rings. The largest absolute Gasteiger partial charge is 0.506 e. The maximum atomic E-state index is 12.3. The number of pyridine rings is 1. The van der Waals surface area contributed by atoms with Gasteiger partial charge in [0.1, 0.15) is 11.4 Å². The van der Waals surface area contributed by atoms with Gasteiger partial charge in [0.25, 0.3) is 0 Å². The third-order valence-corrected chi connectivity index (χ3v) is 4.40. The highest BCUT2D eigenvalue weighted by atomic mass is 32.2. The van der Waals surface area contributed by atoms with Crippen LogP contribution in [-0.4, -0.2) is 24.0 Å². The van der Waals surface area contributed by atoms with Crippen molar-refractivity contribution in [3.8, 4) is 17.0 Å². The van der Waals surface area contributed by atoms with Gasteiger partial charge in [0.05, 0.1) is 4.90 Å². The molecule has 0 spiro atoms. The van der Waals surface area contributed by atoms with Crippen molar-refractivity contribution in [3.05, 3.63) is 42.6 Å². The molecule has 0 atom stereocenters. The molecule has 5 nitrogen and oxygen atoms in total. The van der Waals surface area contributed by atoms with Crippen molar-refractivity contribution in [2.24, 2.45) is 0 Å². The second-order valence-electron chi connectivity index (χ2n) is 5.75. The fourth-order valence-corrected chi connectivity index (χ4v) is 3.36. The van der Waals surface area contributed by atoms with E-state index in [1.165, 1.54) is 18.2 Å². The lowest BCUT2D eigenvalue weighted by Crippen LogP contribution is -2.40. The van der Waals surface area contributed by atoms with Gasteiger partial charge >= 0.3 is 0 Å². The SMILES string of the molecule is CC(C)(C)NS(=O)(=O)c1cccc(-c2ncccc2O)c1. The summed E-state index contributed by atoms with van der Waals surface area (Å²) in [5.74, 6) is 0.0100. The molecule has 1 heterocycles. The zero-order valence-electron chi connectivity index (χ0n) is 12.2. The van der Waals surface area contributed by atoms with E-state index in [4.69, 9.17) is 0 Å². The predicted octanol–water partition coefficient (Wildman–Crippen LogP) is 2.53. The average Bonchev–Trinajstić information content (AvgIpc) is 2.37. The molecule has 0 bridgehead atoms. The Morgan fingerprint density at radius 2 is 1.86 bits per heavy atom. The van der Waals surface area contributed by atoms with Crippen LogP contribution < -0.4 is 4.72 Å². The molecular formula is C15H18N2O3S. The number of nitrogens with zero attached hydrogens (tertiary/aromatic N) is 1. The number of hydrogen-bond donors (Lipinski definition) is 2. The van der Waals surface area contributed by atoms with Gasteiger partial charge in [-0.3, -0.25) is 4.98 Å². The van der Waals surface area contributed by atoms with Crippen LogP contribution in [0.5, 0.6) is 5.75 Å². The first-order valence-corrected chi connectivity index (χ1v) is 7.96. The van der Waals surface area contributed by atoms with E-state index in [-0.39, 0.29) is 10.6 Å². The number of sulfonamides is 1. The van der Waals surface area contributed by atoms with Gasteiger partial charge in [0, 0.05) is 17.3 Å². The molecule has 21 heavy (non-hydrogen) atoms. The van der Waals surface area contributed by atoms with Crippen LogP contribution in [0.3, 0.4) is 0 Å². The predicted molar refractivity (Wildman–Crippen MR) is 81.4 cm³/mol. The number of aromatic hydroxyl groups is 1. The van der Waals surface area contributed by atoms with E-state index in [0.29, 0.717) is 11.3 Å². The molecule has 0 fully saturated rings. The van der Waals surface area contributed by atoms with Crippen LogP contribution in [0.4, 0.5) is 0 Å². The quantitative estimate of drug-likeness (QED) is 0.913. The number of rotatable bonds is 3. The van der Waals surface area contributed by atoms with Crippen molar-refractivity contribution < 1.29 is 13.5 Å². The molecule has 1 aromatic heterocycles. The van der Waals surface area contributed by atoms with E-state index in [2.05, 4.69) is 9.71 Å². The summed E-state index contributed by atoms with van der Waals surface area (Å²) in [6.07, 6.45) is 1.55. The van der Waals surface area contributed by atoms with E-state index in [1.807, 2.05) is 0 Å². The minimum absolute atomic E-state index is 0.0100. The summed E-state index contributed by atoms with van der Waals surface area (Å²) >= 11 is 0. The fourth-order valence-electron chi connectivity index (χ4n) is 1.89. The molecular weight excluding hydrogens is 288 g/mol. The number of hydrogen-bond acceptors (Lipinski definition) is 4. The molecule has 0 aliphatic carbocycles. The van der Waals surface area contributed by atoms with Gasteiger partial charge in [0.2, 0.25) is 10.0 Å². The third kappa shape index (κ3) is 3.80. The Morgan fingerprint density at radius 3 is 2.48 bits per heavy atom. The summed E-state index contributed by atoms with van der Waals surface area (Å²) in [7, 11) is -3.62. The number of aromatic nitrogens is 1. The van der Waals surface area contributed by atoms with Crippen molar-refractivity contribution in [1.82, 2.24) is 9.71 Å². The molecule has 0 unspecified atom stereocenters. The molecule has 0 saturated heterocycles. The minimum Gasteiger partial charge on any atom is -0.506 e. The number of benzene rings is 1. The molecule has 2 N–H and O–H groups in total. The van der Waals surface area contributed by atoms with Crippen LogP contribution in [0.1, 0.15) is 20.8 Å². The Kier molecular flexibility index (Phi) is 4.02. The molecule has 0 aliphatic heterocycles. The van der Waals surface area contributed by atoms with Crippen LogP contribution in [0.2, 0.25) is 0 Å². The summed E-state index contributed by atoms with van der Waals surface area (Å²) in [5.41, 5.74) is 0.331. The summed E-state index contributed by atoms with van der Waals surface area (Å²) in [6.45, 7) is 5.33. The zero-order valence-corrected chi connectivity index (χ0v) is 13.0. The normalized spacial score (nSPS) is 12.3. The van der Waals surface area contributed by atoms with Crippen LogP contribution in [0.15, 0.2) is 47.5 Å². The molecule has 0 radical (unpaired) electrons. The average molecular weight is 306 g/mol. The highest BCUT2D eigenvalue weighted by molar-refractivity contribution is 7.89. The molecule has 0 aliphatic rings. The lowest BCUT2D eigenvalue weighted by Gasteiger charge is -2.20. The van der Waals surface area contributed by atoms with Crippen LogP contribution in [0.25, 0.3) is 11.3 Å². The maximum Gasteiger partial charge on any atom is 0.241 e. The molecule has 0 saturated carbocycles. The van der Waals surface area contributed by atoms with Gasteiger partial charge in [-0.2, -0.15) is 0 Å². The van der Waals surface area contributed by atoms with Crippen LogP contribution in [-0.2, 0) is 10.0 Å². The first kappa shape index (κ1) is 15.5. The Hall–Kier alpha value is -1.92. The summed E-state index contributed by atoms with van der Waals surface area (Å²) in [5, 5.41) is 9.82. The highest BCUT2D eigenvalue weighted by Crippen LogP contribution is 2.28. The van der Waals surface area contributed by atoms with Crippen molar-refractivity contribution in [2.75, 3.05) is 0 Å². The lowest BCUT2D eigenvalue weighted by molar-refractivity contribution is 0.475. The van der Waals surface area contributed by atoms with Gasteiger partial charge < -0.3 is 5.11 Å². The van der Waals surface area contributed by atoms with E-state index in [1.54, 1.807) is 45.2 Å². The van der Waals surface area contributed by atoms with Gasteiger partial charge in [0.15, 0.2) is 0 Å². The van der Waals surface area contributed by atoms with Crippen molar-refractivity contribution in [3.63, 3.8) is 0 Å². The standard InChI is InChI=1S/C15H18N2O3S/c1-15(2,3)17-21(19,20)12-7-4-6-11(10-12)14-13(18)8-5-9-16-14/h4-10,17-18H,1-3H3. The first-order chi connectivity index (χ1) is 9.69. The fraction of sp³-hybridized carbons (Fsp3) is 0.267. The highest BCUT2D eigenvalue weighted by Gasteiger charge is 2.22. The molecule has 6 heteroatoms. The van der Waals surface area contributed by atoms with Gasteiger partial charge in [-0.15, -0.1) is 0 Å². The van der Waals surface area contributed by atoms with Crippen molar-refractivity contribution >= 4 is 10.0 Å². The van der Waals surface area contributed by atoms with Crippen LogP contribution >= 0.6 is 0 Å². The van der Waals surface area contributed by atoms with Crippen LogP contribution in [0, 0.1) is 0 Å². The van der Waals surface area contributed by atoms with E-state index < -0.39 is 15.6 Å². The molecule has 1 aromatic carbocycles. The third-order valence-electron chi connectivity index (χ3n) is 2.64. The Bertz CT molecular complexity index is 750. The maximum absolute atomic E-state index is 12.3. The smallest absolute Gasteiger partial charge is 0.241 e.